The van der Waals surface area contributed by atoms with Gasteiger partial charge >= 0.3 is 0 Å². The fourth-order valence-electron chi connectivity index (χ4n) is 2.87. The summed E-state index contributed by atoms with van der Waals surface area (Å²) in [5, 5.41) is 3.47. The molecule has 1 unspecified atom stereocenters. The first-order valence-corrected chi connectivity index (χ1v) is 8.56. The van der Waals surface area contributed by atoms with Crippen molar-refractivity contribution in [3.63, 3.8) is 0 Å². The Labute approximate surface area is 135 Å². The topological polar surface area (TPSA) is 28.2 Å². The molecule has 3 heterocycles. The number of hydrogen-bond donors (Lipinski definition) is 1. The molecule has 0 bridgehead atoms. The summed E-state index contributed by atoms with van der Waals surface area (Å²) in [5.74, 6) is 0. The molecule has 0 aromatic carbocycles. The second-order valence-electron chi connectivity index (χ2n) is 5.39. The molecule has 3 nitrogen and oxygen atoms in total. The highest BCUT2D eigenvalue weighted by Crippen LogP contribution is 2.35. The van der Waals surface area contributed by atoms with E-state index in [1.165, 1.54) is 16.9 Å². The first-order chi connectivity index (χ1) is 10.3. The van der Waals surface area contributed by atoms with Crippen molar-refractivity contribution < 1.29 is 0 Å². The van der Waals surface area contributed by atoms with E-state index in [2.05, 4.69) is 34.3 Å². The van der Waals surface area contributed by atoms with Crippen LogP contribution < -0.4 is 5.32 Å². The summed E-state index contributed by atoms with van der Waals surface area (Å²) < 4.78 is 0.844. The Balaban J connectivity index is 2.00. The minimum absolute atomic E-state index is 0.212. The molecule has 0 amide bonds. The van der Waals surface area contributed by atoms with Crippen LogP contribution in [0, 0.1) is 6.92 Å². The first-order valence-electron chi connectivity index (χ1n) is 7.37. The van der Waals surface area contributed by atoms with Crippen LogP contribution in [0.3, 0.4) is 0 Å². The van der Waals surface area contributed by atoms with Gasteiger partial charge in [-0.25, -0.2) is 0 Å². The van der Waals surface area contributed by atoms with Crippen molar-refractivity contribution in [2.45, 2.75) is 19.4 Å². The zero-order valence-electron chi connectivity index (χ0n) is 12.2. The number of aryl methyl sites for hydroxylation is 1. The molecular weight excluding hydrogens is 302 g/mol. The van der Waals surface area contributed by atoms with Crippen LogP contribution in [-0.2, 0) is 0 Å². The Bertz CT molecular complexity index is 591. The van der Waals surface area contributed by atoms with Crippen molar-refractivity contribution in [1.82, 2.24) is 15.2 Å². The van der Waals surface area contributed by atoms with Gasteiger partial charge < -0.3 is 5.32 Å². The molecule has 3 rings (SSSR count). The van der Waals surface area contributed by atoms with E-state index in [9.17, 15) is 0 Å². The van der Waals surface area contributed by atoms with Gasteiger partial charge in [0.05, 0.1) is 16.1 Å². The molecule has 1 aliphatic heterocycles. The third kappa shape index (κ3) is 3.46. The summed E-state index contributed by atoms with van der Waals surface area (Å²) in [7, 11) is 0. The number of nitrogens with one attached hydrogen (secondary N) is 1. The third-order valence-electron chi connectivity index (χ3n) is 3.91. The van der Waals surface area contributed by atoms with Gasteiger partial charge in [-0.1, -0.05) is 17.7 Å². The Kier molecular flexibility index (Phi) is 4.91. The maximum Gasteiger partial charge on any atom is 0.0931 e. The number of nitrogens with zero attached hydrogens (tertiary/aromatic N) is 2. The van der Waals surface area contributed by atoms with Crippen LogP contribution in [0.25, 0.3) is 0 Å². The van der Waals surface area contributed by atoms with Crippen molar-refractivity contribution in [1.29, 1.82) is 0 Å². The highest BCUT2D eigenvalue weighted by atomic mass is 35.5. The molecule has 0 spiro atoms. The number of hydrogen-bond acceptors (Lipinski definition) is 4. The van der Waals surface area contributed by atoms with E-state index in [-0.39, 0.29) is 6.04 Å². The second-order valence-corrected chi connectivity index (χ2v) is 7.14. The van der Waals surface area contributed by atoms with Crippen molar-refractivity contribution in [3.8, 4) is 0 Å². The molecule has 1 atom stereocenters. The van der Waals surface area contributed by atoms with Gasteiger partial charge in [0.25, 0.3) is 0 Å². The monoisotopic (exact) mass is 321 g/mol. The zero-order chi connectivity index (χ0) is 14.7. The Morgan fingerprint density at radius 3 is 2.95 bits per heavy atom. The number of rotatable bonds is 3. The van der Waals surface area contributed by atoms with Gasteiger partial charge in [0.2, 0.25) is 0 Å². The molecule has 1 N–H and O–H groups in total. The molecule has 1 aliphatic rings. The summed E-state index contributed by atoms with van der Waals surface area (Å²) in [6.07, 6.45) is 3.06. The van der Waals surface area contributed by atoms with Gasteiger partial charge in [0.15, 0.2) is 0 Å². The molecule has 0 aliphatic carbocycles. The molecular formula is C16H20ClN3S. The van der Waals surface area contributed by atoms with E-state index in [0.717, 1.165) is 36.2 Å². The van der Waals surface area contributed by atoms with Crippen LogP contribution in [0.2, 0.25) is 4.34 Å². The van der Waals surface area contributed by atoms with E-state index in [1.807, 2.05) is 18.3 Å². The van der Waals surface area contributed by atoms with Gasteiger partial charge in [-0.2, -0.15) is 0 Å². The van der Waals surface area contributed by atoms with Crippen LogP contribution in [0.1, 0.15) is 28.6 Å². The quantitative estimate of drug-likeness (QED) is 0.938. The van der Waals surface area contributed by atoms with Crippen molar-refractivity contribution >= 4 is 22.9 Å². The molecule has 21 heavy (non-hydrogen) atoms. The highest BCUT2D eigenvalue weighted by Gasteiger charge is 2.26. The third-order valence-corrected chi connectivity index (χ3v) is 5.20. The molecule has 2 aromatic rings. The van der Waals surface area contributed by atoms with Crippen LogP contribution in [-0.4, -0.2) is 36.1 Å². The van der Waals surface area contributed by atoms with Crippen LogP contribution in [0.15, 0.2) is 30.5 Å². The maximum atomic E-state index is 6.17. The second kappa shape index (κ2) is 6.88. The van der Waals surface area contributed by atoms with Gasteiger partial charge in [-0.05, 0) is 43.7 Å². The Morgan fingerprint density at radius 2 is 2.19 bits per heavy atom. The average molecular weight is 322 g/mol. The van der Waals surface area contributed by atoms with Gasteiger partial charge in [-0.3, -0.25) is 9.88 Å². The lowest BCUT2D eigenvalue weighted by atomic mass is 10.0. The van der Waals surface area contributed by atoms with E-state index < -0.39 is 0 Å². The fraction of sp³-hybridized carbons (Fsp3) is 0.438. The minimum Gasteiger partial charge on any atom is -0.315 e. The fourth-order valence-corrected chi connectivity index (χ4v) is 4.07. The van der Waals surface area contributed by atoms with E-state index >= 15 is 0 Å². The summed E-state index contributed by atoms with van der Waals surface area (Å²) in [4.78, 5) is 8.48. The average Bonchev–Trinajstić information content (AvgIpc) is 2.74. The number of halogens is 1. The highest BCUT2D eigenvalue weighted by molar-refractivity contribution is 7.16. The molecule has 2 aromatic heterocycles. The summed E-state index contributed by atoms with van der Waals surface area (Å²) >= 11 is 7.83. The molecule has 1 fully saturated rings. The summed E-state index contributed by atoms with van der Waals surface area (Å²) in [5.41, 5.74) is 2.39. The van der Waals surface area contributed by atoms with Crippen LogP contribution in [0.4, 0.5) is 0 Å². The predicted molar refractivity (Wildman–Crippen MR) is 89.2 cm³/mol. The maximum absolute atomic E-state index is 6.17. The van der Waals surface area contributed by atoms with Crippen molar-refractivity contribution in [2.24, 2.45) is 0 Å². The largest absolute Gasteiger partial charge is 0.315 e. The number of aromatic nitrogens is 1. The van der Waals surface area contributed by atoms with Crippen LogP contribution in [0.5, 0.6) is 0 Å². The SMILES string of the molecule is Cc1cccnc1C(c1ccc(Cl)s1)N1CCCNCC1. The van der Waals surface area contributed by atoms with Gasteiger partial charge in [-0.15, -0.1) is 11.3 Å². The smallest absolute Gasteiger partial charge is 0.0931 e. The number of thiophene rings is 1. The Hall–Kier alpha value is -0.940. The Morgan fingerprint density at radius 1 is 1.29 bits per heavy atom. The zero-order valence-corrected chi connectivity index (χ0v) is 13.8. The van der Waals surface area contributed by atoms with Gasteiger partial charge in [0.1, 0.15) is 0 Å². The molecule has 112 valence electrons. The van der Waals surface area contributed by atoms with Crippen molar-refractivity contribution in [2.75, 3.05) is 26.2 Å². The predicted octanol–water partition coefficient (Wildman–Crippen LogP) is 3.49. The summed E-state index contributed by atoms with van der Waals surface area (Å²) in [6, 6.07) is 8.48. The van der Waals surface area contributed by atoms with E-state index in [4.69, 9.17) is 11.6 Å². The first kappa shape index (κ1) is 15.0. The normalized spacial score (nSPS) is 18.4. The number of pyridine rings is 1. The van der Waals surface area contributed by atoms with Crippen molar-refractivity contribution in [3.05, 3.63) is 50.9 Å². The standard InChI is InChI=1S/C16H20ClN3S/c1-12-4-2-8-19-15(12)16(13-5-6-14(17)21-13)20-10-3-7-18-9-11-20/h2,4-6,8,16,18H,3,7,9-11H2,1H3. The molecule has 0 radical (unpaired) electrons. The lowest BCUT2D eigenvalue weighted by molar-refractivity contribution is 0.239. The van der Waals surface area contributed by atoms with E-state index in [0.29, 0.717) is 0 Å². The summed E-state index contributed by atoms with van der Waals surface area (Å²) in [6.45, 7) is 6.39. The lowest BCUT2D eigenvalue weighted by Gasteiger charge is -2.30. The lowest BCUT2D eigenvalue weighted by Crippen LogP contribution is -2.33. The van der Waals surface area contributed by atoms with Gasteiger partial charge in [0, 0.05) is 30.7 Å². The molecule has 1 saturated heterocycles. The van der Waals surface area contributed by atoms with E-state index in [1.54, 1.807) is 11.3 Å². The molecule has 5 heteroatoms. The van der Waals surface area contributed by atoms with Crippen LogP contribution >= 0.6 is 22.9 Å². The molecule has 0 saturated carbocycles. The minimum atomic E-state index is 0.212.